The molecule has 0 aliphatic carbocycles. The molecule has 0 N–H and O–H groups in total. The van der Waals surface area contributed by atoms with Crippen LogP contribution in [0.1, 0.15) is 68.2 Å². The van der Waals surface area contributed by atoms with Crippen LogP contribution in [0.15, 0.2) is 0 Å². The first-order valence-electron chi connectivity index (χ1n) is 16.2. The molecule has 0 radical (unpaired) electrons. The minimum atomic E-state index is -1.11. The first kappa shape index (κ1) is 59.3. The molecule has 0 aromatic rings. The van der Waals surface area contributed by atoms with Crippen molar-refractivity contribution in [2.45, 2.75) is 147 Å². The van der Waals surface area contributed by atoms with Gasteiger partial charge in [-0.1, -0.05) is 78.6 Å². The summed E-state index contributed by atoms with van der Waals surface area (Å²) >= 11 is 0. The zero-order valence-electron chi connectivity index (χ0n) is 33.7. The molecule has 250 valence electrons. The molecule has 0 atom stereocenters. The molecule has 0 rings (SSSR count). The summed E-state index contributed by atoms with van der Waals surface area (Å²) in [6, 6.07) is 0. The van der Waals surface area contributed by atoms with Crippen LogP contribution in [0.3, 0.4) is 0 Å². The van der Waals surface area contributed by atoms with Crippen LogP contribution in [-0.4, -0.2) is 85.2 Å². The Kier molecular flexibility index (Phi) is 50.5. The Bertz CT molecular complexity index is 399. The summed E-state index contributed by atoms with van der Waals surface area (Å²) in [7, 11) is -4.44. The van der Waals surface area contributed by atoms with E-state index >= 15 is 0 Å². The smallest absolute Gasteiger partial charge is 0.382 e. The van der Waals surface area contributed by atoms with Crippen molar-refractivity contribution in [3.8, 4) is 0 Å². The maximum Gasteiger partial charge on any atom is 1.00 e. The normalized spacial score (nSPS) is 11.3. The van der Waals surface area contributed by atoms with Gasteiger partial charge in [-0.3, -0.25) is 0 Å². The summed E-state index contributed by atoms with van der Waals surface area (Å²) in [6.45, 7) is 53.4. The molecule has 0 aliphatic rings. The summed E-state index contributed by atoms with van der Waals surface area (Å²) < 4.78 is 19.3. The second-order valence-electron chi connectivity index (χ2n) is 13.6. The Hall–Kier alpha value is 1.90. The zero-order valence-corrected chi connectivity index (χ0v) is 37.7. The largest absolute Gasteiger partial charge is 1.00 e. The number of rotatable bonds is 15. The first-order chi connectivity index (χ1) is 18.1. The fourth-order valence-corrected chi connectivity index (χ4v) is 26.3. The van der Waals surface area contributed by atoms with Crippen LogP contribution >= 0.6 is 0 Å². The third-order valence-corrected chi connectivity index (χ3v) is 23.1. The van der Waals surface area contributed by atoms with E-state index in [1.807, 2.05) is 65.7 Å². The van der Waals surface area contributed by atoms with E-state index in [0.29, 0.717) is 0 Å². The van der Waals surface area contributed by atoms with Crippen LogP contribution in [0.4, 0.5) is 0 Å². The summed E-state index contributed by atoms with van der Waals surface area (Å²) in [5, 5.41) is 4.03. The molecule has 42 heavy (non-hydrogen) atoms. The average molecular weight is 655 g/mol. The van der Waals surface area contributed by atoms with Crippen LogP contribution in [0.25, 0.3) is 0 Å². The molecule has 0 amide bonds. The monoisotopic (exact) mass is 655 g/mol. The first-order valence-corrected chi connectivity index (χ1v) is 30.2. The predicted molar refractivity (Wildman–Crippen MR) is 198 cm³/mol. The molecule has 0 saturated carbocycles. The van der Waals surface area contributed by atoms with Crippen molar-refractivity contribution in [3.63, 3.8) is 0 Å². The standard InChI is InChI=1S/C16H40Si4.4C4H10O.2Li/c1-17(2,3)15(18(4,5)6)13-14-16(19(7,8)9)20(10,11)12;4*1-3-5-4-2;;/h13-14H2,1-12H3;4*3-4H2,1-2H3;;/q-2;;;;;2*+1. The molecule has 0 aromatic carbocycles. The second kappa shape index (κ2) is 35.8. The van der Waals surface area contributed by atoms with E-state index in [2.05, 4.69) is 78.6 Å². The molecular formula is C32H80Li2O4Si4. The van der Waals surface area contributed by atoms with Gasteiger partial charge in [0.15, 0.2) is 0 Å². The van der Waals surface area contributed by atoms with Gasteiger partial charge in [0.1, 0.15) is 0 Å². The van der Waals surface area contributed by atoms with Gasteiger partial charge in [0.25, 0.3) is 0 Å². The number of ether oxygens (including phenoxy) is 4. The molecule has 0 fully saturated rings. The van der Waals surface area contributed by atoms with Gasteiger partial charge >= 0.3 is 37.7 Å². The number of hydrogen-bond acceptors (Lipinski definition) is 4. The van der Waals surface area contributed by atoms with Crippen molar-refractivity contribution in [2.24, 2.45) is 0 Å². The summed E-state index contributed by atoms with van der Waals surface area (Å²) in [4.78, 5) is 0. The molecule has 0 unspecified atom stereocenters. The fourth-order valence-electron chi connectivity index (χ4n) is 4.82. The van der Waals surface area contributed by atoms with Crippen LogP contribution < -0.4 is 37.7 Å². The van der Waals surface area contributed by atoms with Crippen molar-refractivity contribution in [1.82, 2.24) is 0 Å². The van der Waals surface area contributed by atoms with E-state index < -0.39 is 32.3 Å². The molecule has 0 saturated heterocycles. The van der Waals surface area contributed by atoms with E-state index in [1.54, 1.807) is 0 Å². The van der Waals surface area contributed by atoms with Gasteiger partial charge in [-0.2, -0.15) is 0 Å². The van der Waals surface area contributed by atoms with Gasteiger partial charge in [0.05, 0.1) is 0 Å². The summed E-state index contributed by atoms with van der Waals surface area (Å²) in [5.41, 5.74) is 0. The third kappa shape index (κ3) is 46.3. The van der Waals surface area contributed by atoms with Crippen LogP contribution in [0.2, 0.25) is 78.6 Å². The Labute approximate surface area is 297 Å². The molecule has 10 heteroatoms. The maximum atomic E-state index is 4.83. The van der Waals surface area contributed by atoms with Gasteiger partial charge in [0, 0.05) is 52.9 Å². The SMILES string of the molecule is CCOCC.CCOCC.CCOCC.CCOCC.C[Si](C)(C)[C-](CC[C-]([Si](C)(C)C)[Si](C)(C)C)[Si](C)(C)C.[Li+].[Li+]. The minimum Gasteiger partial charge on any atom is -0.382 e. The summed E-state index contributed by atoms with van der Waals surface area (Å²) in [6.07, 6.45) is 2.82. The Morgan fingerprint density at radius 1 is 0.310 bits per heavy atom. The van der Waals surface area contributed by atoms with E-state index in [9.17, 15) is 0 Å². The van der Waals surface area contributed by atoms with Gasteiger partial charge in [-0.15, -0.1) is 32.3 Å². The quantitative estimate of drug-likeness (QED) is 0.191. The molecule has 0 heterocycles. The third-order valence-electron chi connectivity index (χ3n) is 5.88. The second-order valence-corrected chi connectivity index (χ2v) is 35.0. The molecule has 4 nitrogen and oxygen atoms in total. The summed E-state index contributed by atoms with van der Waals surface area (Å²) in [5.74, 6) is 0. The Morgan fingerprint density at radius 3 is 0.476 bits per heavy atom. The minimum absolute atomic E-state index is 0. The van der Waals surface area contributed by atoms with E-state index in [1.165, 1.54) is 12.8 Å². The van der Waals surface area contributed by atoms with Gasteiger partial charge in [-0.05, 0) is 55.4 Å². The van der Waals surface area contributed by atoms with Crippen molar-refractivity contribution >= 4 is 32.3 Å². The average Bonchev–Trinajstić information content (AvgIpc) is 2.77. The van der Waals surface area contributed by atoms with E-state index in [0.717, 1.165) is 52.9 Å². The maximum absolute atomic E-state index is 4.83. The number of hydrogen-bond donors (Lipinski definition) is 0. The molecule has 0 spiro atoms. The van der Waals surface area contributed by atoms with Crippen molar-refractivity contribution in [3.05, 3.63) is 10.3 Å². The van der Waals surface area contributed by atoms with Crippen LogP contribution in [0.5, 0.6) is 0 Å². The molecule has 0 bridgehead atoms. The van der Waals surface area contributed by atoms with E-state index in [-0.39, 0.29) is 37.7 Å². The Morgan fingerprint density at radius 2 is 0.429 bits per heavy atom. The zero-order chi connectivity index (χ0) is 33.1. The van der Waals surface area contributed by atoms with Gasteiger partial charge in [-0.25, -0.2) is 12.8 Å². The molecule has 0 aromatic heterocycles. The molecular weight excluding hydrogens is 575 g/mol. The topological polar surface area (TPSA) is 36.9 Å². The van der Waals surface area contributed by atoms with E-state index in [4.69, 9.17) is 18.9 Å². The van der Waals surface area contributed by atoms with Crippen molar-refractivity contribution in [2.75, 3.05) is 52.9 Å². The van der Waals surface area contributed by atoms with Crippen molar-refractivity contribution in [1.29, 1.82) is 0 Å². The van der Waals surface area contributed by atoms with Crippen LogP contribution in [-0.2, 0) is 18.9 Å². The fraction of sp³-hybridized carbons (Fsp3) is 0.938. The van der Waals surface area contributed by atoms with Crippen LogP contribution in [0, 0.1) is 10.3 Å². The van der Waals surface area contributed by atoms with Gasteiger partial charge in [0.2, 0.25) is 0 Å². The predicted octanol–water partition coefficient (Wildman–Crippen LogP) is 4.60. The van der Waals surface area contributed by atoms with Gasteiger partial charge < -0.3 is 29.3 Å². The molecule has 0 aliphatic heterocycles. The van der Waals surface area contributed by atoms with Crippen molar-refractivity contribution < 1.29 is 56.7 Å². The Balaban J connectivity index is -0.0000000907.